The van der Waals surface area contributed by atoms with Gasteiger partial charge in [0.2, 0.25) is 17.7 Å². The molecule has 3 amide bonds. The van der Waals surface area contributed by atoms with E-state index in [1.165, 1.54) is 4.90 Å². The van der Waals surface area contributed by atoms with Crippen LogP contribution in [-0.2, 0) is 20.8 Å². The standard InChI is InChI=1S/C28H34N2O4/c1-18(2)34-21-13-11-20(12-14-21)29-24(31)23(17-19-9-7-6-8-10-19)30-25(32)22-15-16-28(5,26(30)33)27(22,3)4/h6-14,18,22-23H,15-17H2,1-5H3,(H,29,31). The molecule has 1 saturated carbocycles. The highest BCUT2D eigenvalue weighted by molar-refractivity contribution is 6.09. The Bertz CT molecular complexity index is 1080. The number of nitrogens with one attached hydrogen (secondary N) is 1. The van der Waals surface area contributed by atoms with Crippen molar-refractivity contribution in [2.75, 3.05) is 5.32 Å². The molecule has 1 N–H and O–H groups in total. The smallest absolute Gasteiger partial charge is 0.248 e. The Morgan fingerprint density at radius 3 is 2.32 bits per heavy atom. The first-order valence-corrected chi connectivity index (χ1v) is 12.0. The number of likely N-dealkylation sites (tertiary alicyclic amines) is 1. The van der Waals surface area contributed by atoms with Crippen molar-refractivity contribution in [2.24, 2.45) is 16.7 Å². The highest BCUT2D eigenvalue weighted by Gasteiger charge is 2.65. The second kappa shape index (κ2) is 8.90. The van der Waals surface area contributed by atoms with Crippen LogP contribution in [0.5, 0.6) is 5.75 Å². The van der Waals surface area contributed by atoms with Crippen molar-refractivity contribution in [3.8, 4) is 5.75 Å². The van der Waals surface area contributed by atoms with Gasteiger partial charge in [0, 0.05) is 18.0 Å². The molecule has 1 saturated heterocycles. The summed E-state index contributed by atoms with van der Waals surface area (Å²) in [6.07, 6.45) is 1.64. The summed E-state index contributed by atoms with van der Waals surface area (Å²) in [5.41, 5.74) is 0.380. The summed E-state index contributed by atoms with van der Waals surface area (Å²) in [5, 5.41) is 2.92. The van der Waals surface area contributed by atoms with E-state index in [9.17, 15) is 14.4 Å². The second-order valence-corrected chi connectivity index (χ2v) is 10.5. The van der Waals surface area contributed by atoms with Crippen LogP contribution in [0.3, 0.4) is 0 Å². The molecule has 2 aromatic rings. The molecule has 180 valence electrons. The lowest BCUT2D eigenvalue weighted by Gasteiger charge is -2.49. The van der Waals surface area contributed by atoms with E-state index in [0.29, 0.717) is 24.3 Å². The third-order valence-electron chi connectivity index (χ3n) is 7.83. The van der Waals surface area contributed by atoms with E-state index < -0.39 is 16.9 Å². The molecule has 2 fully saturated rings. The molecule has 1 aliphatic heterocycles. The van der Waals surface area contributed by atoms with Crippen LogP contribution in [0.4, 0.5) is 5.69 Å². The first-order chi connectivity index (χ1) is 16.0. The monoisotopic (exact) mass is 462 g/mol. The SMILES string of the molecule is CC(C)Oc1ccc(NC(=O)C(Cc2ccccc2)N2C(=O)C3CCC(C)(C2=O)C3(C)C)cc1. The summed E-state index contributed by atoms with van der Waals surface area (Å²) in [6.45, 7) is 9.85. The second-order valence-electron chi connectivity index (χ2n) is 10.5. The summed E-state index contributed by atoms with van der Waals surface area (Å²) < 4.78 is 5.67. The van der Waals surface area contributed by atoms with Crippen molar-refractivity contribution in [3.05, 3.63) is 60.2 Å². The van der Waals surface area contributed by atoms with E-state index >= 15 is 0 Å². The van der Waals surface area contributed by atoms with Crippen molar-refractivity contribution in [1.82, 2.24) is 4.90 Å². The topological polar surface area (TPSA) is 75.7 Å². The van der Waals surface area contributed by atoms with E-state index in [0.717, 1.165) is 5.56 Å². The number of hydrogen-bond acceptors (Lipinski definition) is 4. The first kappa shape index (κ1) is 24.0. The average Bonchev–Trinajstić information content (AvgIpc) is 2.97. The number of piperidine rings is 1. The van der Waals surface area contributed by atoms with E-state index in [4.69, 9.17) is 4.74 Å². The van der Waals surface area contributed by atoms with Crippen LogP contribution in [0, 0.1) is 16.7 Å². The Hall–Kier alpha value is -3.15. The Balaban J connectivity index is 1.64. The molecule has 0 spiro atoms. The molecular weight excluding hydrogens is 428 g/mol. The van der Waals surface area contributed by atoms with Crippen molar-refractivity contribution in [2.45, 2.75) is 66.0 Å². The molecule has 0 radical (unpaired) electrons. The Morgan fingerprint density at radius 1 is 1.06 bits per heavy atom. The maximum absolute atomic E-state index is 13.8. The van der Waals surface area contributed by atoms with Crippen LogP contribution < -0.4 is 10.1 Å². The predicted molar refractivity (Wildman–Crippen MR) is 131 cm³/mol. The lowest BCUT2D eigenvalue weighted by Crippen LogP contribution is -2.64. The fraction of sp³-hybridized carbons (Fsp3) is 0.464. The van der Waals surface area contributed by atoms with E-state index in [1.807, 2.05) is 65.0 Å². The van der Waals surface area contributed by atoms with Crippen molar-refractivity contribution in [1.29, 1.82) is 0 Å². The summed E-state index contributed by atoms with van der Waals surface area (Å²) in [4.78, 5) is 42.2. The molecular formula is C28H34N2O4. The van der Waals surface area contributed by atoms with Gasteiger partial charge in [-0.25, -0.2) is 0 Å². The molecule has 2 aromatic carbocycles. The number of amides is 3. The number of ether oxygens (including phenoxy) is 1. The van der Waals surface area contributed by atoms with Crippen LogP contribution >= 0.6 is 0 Å². The zero-order chi connectivity index (χ0) is 24.7. The predicted octanol–water partition coefficient (Wildman–Crippen LogP) is 4.83. The minimum Gasteiger partial charge on any atom is -0.491 e. The molecule has 2 bridgehead atoms. The summed E-state index contributed by atoms with van der Waals surface area (Å²) >= 11 is 0. The summed E-state index contributed by atoms with van der Waals surface area (Å²) in [6, 6.07) is 15.7. The fourth-order valence-electron chi connectivity index (χ4n) is 5.40. The van der Waals surface area contributed by atoms with E-state index in [-0.39, 0.29) is 36.2 Å². The molecule has 6 nitrogen and oxygen atoms in total. The Kier molecular flexibility index (Phi) is 6.28. The first-order valence-electron chi connectivity index (χ1n) is 12.0. The van der Waals surface area contributed by atoms with Crippen LogP contribution in [0.1, 0.15) is 53.0 Å². The van der Waals surface area contributed by atoms with Gasteiger partial charge in [-0.2, -0.15) is 0 Å². The quantitative estimate of drug-likeness (QED) is 0.598. The molecule has 4 rings (SSSR count). The normalized spacial score (nSPS) is 24.3. The zero-order valence-corrected chi connectivity index (χ0v) is 20.6. The fourth-order valence-corrected chi connectivity index (χ4v) is 5.40. The van der Waals surface area contributed by atoms with Gasteiger partial charge in [-0.1, -0.05) is 51.1 Å². The van der Waals surface area contributed by atoms with Crippen LogP contribution in [0.15, 0.2) is 54.6 Å². The average molecular weight is 463 g/mol. The number of imide groups is 1. The van der Waals surface area contributed by atoms with Gasteiger partial charge in [-0.15, -0.1) is 0 Å². The number of fused-ring (bicyclic) bond motifs is 2. The maximum Gasteiger partial charge on any atom is 0.248 e. The number of carbonyl (C=O) groups excluding carboxylic acids is 3. The lowest BCUT2D eigenvalue weighted by atomic mass is 9.62. The van der Waals surface area contributed by atoms with Crippen molar-refractivity contribution >= 4 is 23.4 Å². The Labute approximate surface area is 201 Å². The van der Waals surface area contributed by atoms with E-state index in [1.54, 1.807) is 24.3 Å². The van der Waals surface area contributed by atoms with Gasteiger partial charge in [0.05, 0.1) is 11.5 Å². The molecule has 0 aromatic heterocycles. The van der Waals surface area contributed by atoms with Crippen LogP contribution in [0.25, 0.3) is 0 Å². The number of anilines is 1. The molecule has 1 aliphatic carbocycles. The molecule has 3 unspecified atom stereocenters. The largest absolute Gasteiger partial charge is 0.491 e. The summed E-state index contributed by atoms with van der Waals surface area (Å²) in [7, 11) is 0. The summed E-state index contributed by atoms with van der Waals surface area (Å²) in [5.74, 6) is -0.406. The molecule has 2 aliphatic rings. The molecule has 1 heterocycles. The molecule has 34 heavy (non-hydrogen) atoms. The maximum atomic E-state index is 13.8. The van der Waals surface area contributed by atoms with E-state index in [2.05, 4.69) is 5.32 Å². The number of carbonyl (C=O) groups is 3. The van der Waals surface area contributed by atoms with Gasteiger partial charge in [-0.05, 0) is 61.9 Å². The van der Waals surface area contributed by atoms with Crippen LogP contribution in [0.2, 0.25) is 0 Å². The third kappa shape index (κ3) is 4.10. The number of hydrogen-bond donors (Lipinski definition) is 1. The Morgan fingerprint density at radius 2 is 1.71 bits per heavy atom. The molecule has 3 atom stereocenters. The number of rotatable bonds is 7. The van der Waals surface area contributed by atoms with Crippen LogP contribution in [-0.4, -0.2) is 34.8 Å². The lowest BCUT2D eigenvalue weighted by molar-refractivity contribution is -0.172. The minimum absolute atomic E-state index is 0.0489. The van der Waals surface area contributed by atoms with Crippen molar-refractivity contribution < 1.29 is 19.1 Å². The highest BCUT2D eigenvalue weighted by Crippen LogP contribution is 2.60. The van der Waals surface area contributed by atoms with Gasteiger partial charge in [0.15, 0.2) is 0 Å². The van der Waals surface area contributed by atoms with Gasteiger partial charge in [-0.3, -0.25) is 19.3 Å². The highest BCUT2D eigenvalue weighted by atomic mass is 16.5. The third-order valence-corrected chi connectivity index (χ3v) is 7.83. The van der Waals surface area contributed by atoms with Crippen molar-refractivity contribution in [3.63, 3.8) is 0 Å². The zero-order valence-electron chi connectivity index (χ0n) is 20.6. The van der Waals surface area contributed by atoms with Gasteiger partial charge in [0.1, 0.15) is 11.8 Å². The van der Waals surface area contributed by atoms with Gasteiger partial charge in [0.25, 0.3) is 0 Å². The molecule has 6 heteroatoms. The van der Waals surface area contributed by atoms with Gasteiger partial charge >= 0.3 is 0 Å². The van der Waals surface area contributed by atoms with Gasteiger partial charge < -0.3 is 10.1 Å². The minimum atomic E-state index is -0.926. The number of benzene rings is 2. The number of nitrogens with zero attached hydrogens (tertiary/aromatic N) is 1.